The number of fused-ring (bicyclic) bond motifs is 1. The standard InChI is InChI=1S/C34H28ClN5O7S2/c1-45-39-25(24-28(35)49-33(37-24)38-34(44)46-19-20-11-5-2-6-12-20)29(41)36-26-30(42)40-23(17-18-48-31(26)40)32(43)47-27(21-13-7-3-8-14-21)22-15-9-4-10-16-22/h2-17,26-27,31H,18-19H2,1H3,(H,36,41)(H,37,38,44)/t26-,31-/m1/s1. The second-order valence-corrected chi connectivity index (χ2v) is 13.3. The van der Waals surface area contributed by atoms with Gasteiger partial charge < -0.3 is 19.6 Å². The van der Waals surface area contributed by atoms with Crippen LogP contribution in [0.4, 0.5) is 9.93 Å². The van der Waals surface area contributed by atoms with E-state index in [1.165, 1.54) is 23.8 Å². The van der Waals surface area contributed by atoms with Crippen molar-refractivity contribution in [3.8, 4) is 0 Å². The van der Waals surface area contributed by atoms with Crippen LogP contribution in [0.3, 0.4) is 0 Å². The van der Waals surface area contributed by atoms with Gasteiger partial charge in [-0.3, -0.25) is 19.8 Å². The molecule has 49 heavy (non-hydrogen) atoms. The van der Waals surface area contributed by atoms with Crippen molar-refractivity contribution in [1.82, 2.24) is 15.2 Å². The quantitative estimate of drug-likeness (QED) is 0.0887. The number of halogens is 1. The van der Waals surface area contributed by atoms with Gasteiger partial charge in [-0.25, -0.2) is 14.6 Å². The number of β-lactam (4-membered cyclic amide) rings is 1. The molecule has 0 aliphatic carbocycles. The number of rotatable bonds is 11. The molecule has 2 N–H and O–H groups in total. The van der Waals surface area contributed by atoms with Gasteiger partial charge in [0.2, 0.25) is 0 Å². The van der Waals surface area contributed by atoms with Crippen molar-refractivity contribution in [2.24, 2.45) is 5.16 Å². The molecule has 1 aromatic heterocycles. The Bertz CT molecular complexity index is 1870. The van der Waals surface area contributed by atoms with Gasteiger partial charge in [0.25, 0.3) is 11.8 Å². The number of anilines is 1. The zero-order valence-corrected chi connectivity index (χ0v) is 28.2. The van der Waals surface area contributed by atoms with E-state index in [0.29, 0.717) is 5.75 Å². The largest absolute Gasteiger partial charge is 0.448 e. The summed E-state index contributed by atoms with van der Waals surface area (Å²) >= 11 is 8.65. The predicted octanol–water partition coefficient (Wildman–Crippen LogP) is 5.51. The van der Waals surface area contributed by atoms with Crippen LogP contribution in [0.25, 0.3) is 0 Å². The maximum absolute atomic E-state index is 13.6. The number of esters is 1. The summed E-state index contributed by atoms with van der Waals surface area (Å²) in [6.07, 6.45) is 0.168. The fourth-order valence-corrected chi connectivity index (χ4v) is 7.35. The van der Waals surface area contributed by atoms with Crippen LogP contribution in [-0.2, 0) is 35.3 Å². The second-order valence-electron chi connectivity index (χ2n) is 10.5. The Morgan fingerprint density at radius 3 is 2.27 bits per heavy atom. The first-order chi connectivity index (χ1) is 23.8. The summed E-state index contributed by atoms with van der Waals surface area (Å²) in [5.74, 6) is -1.56. The molecule has 0 bridgehead atoms. The molecule has 1 saturated heterocycles. The molecule has 0 unspecified atom stereocenters. The third kappa shape index (κ3) is 7.61. The molecule has 250 valence electrons. The van der Waals surface area contributed by atoms with E-state index < -0.39 is 41.4 Å². The highest BCUT2D eigenvalue weighted by Crippen LogP contribution is 2.39. The summed E-state index contributed by atoms with van der Waals surface area (Å²) in [5.41, 5.74) is 2.06. The molecule has 0 radical (unpaired) electrons. The molecule has 1 fully saturated rings. The van der Waals surface area contributed by atoms with E-state index in [-0.39, 0.29) is 33.2 Å². The van der Waals surface area contributed by atoms with E-state index in [4.69, 9.17) is 25.9 Å². The first-order valence-corrected chi connectivity index (χ1v) is 17.1. The molecular weight excluding hydrogens is 690 g/mol. The van der Waals surface area contributed by atoms with Crippen LogP contribution in [0.2, 0.25) is 4.34 Å². The molecule has 3 amide bonds. The zero-order chi connectivity index (χ0) is 34.3. The number of nitrogens with zero attached hydrogens (tertiary/aromatic N) is 3. The van der Waals surface area contributed by atoms with Crippen LogP contribution in [0, 0.1) is 0 Å². The van der Waals surface area contributed by atoms with Crippen molar-refractivity contribution in [3.05, 3.63) is 129 Å². The van der Waals surface area contributed by atoms with Gasteiger partial charge in [0.1, 0.15) is 40.9 Å². The number of carbonyl (C=O) groups is 4. The number of hydrogen-bond acceptors (Lipinski definition) is 11. The minimum absolute atomic E-state index is 0.0391. The third-order valence-electron chi connectivity index (χ3n) is 7.40. The van der Waals surface area contributed by atoms with Crippen molar-refractivity contribution < 1.29 is 33.5 Å². The normalized spacial score (nSPS) is 17.0. The monoisotopic (exact) mass is 717 g/mol. The van der Waals surface area contributed by atoms with Crippen LogP contribution in [-0.4, -0.2) is 63.8 Å². The highest BCUT2D eigenvalue weighted by atomic mass is 35.5. The summed E-state index contributed by atoms with van der Waals surface area (Å²) < 4.78 is 11.3. The van der Waals surface area contributed by atoms with E-state index in [1.54, 1.807) is 6.08 Å². The van der Waals surface area contributed by atoms with Gasteiger partial charge in [-0.1, -0.05) is 119 Å². The van der Waals surface area contributed by atoms with Gasteiger partial charge >= 0.3 is 12.1 Å². The highest BCUT2D eigenvalue weighted by molar-refractivity contribution is 8.00. The number of ether oxygens (including phenoxy) is 2. The lowest BCUT2D eigenvalue weighted by Gasteiger charge is -2.48. The first kappa shape index (κ1) is 33.7. The van der Waals surface area contributed by atoms with Gasteiger partial charge in [-0.15, -0.1) is 11.8 Å². The Morgan fingerprint density at radius 1 is 1.00 bits per heavy atom. The summed E-state index contributed by atoms with van der Waals surface area (Å²) in [6.45, 7) is 0.0400. The number of nitrogens with one attached hydrogen (secondary N) is 2. The van der Waals surface area contributed by atoms with E-state index in [2.05, 4.69) is 20.8 Å². The van der Waals surface area contributed by atoms with E-state index in [0.717, 1.165) is 28.0 Å². The van der Waals surface area contributed by atoms with Crippen molar-refractivity contribution in [2.75, 3.05) is 18.2 Å². The molecule has 12 nitrogen and oxygen atoms in total. The van der Waals surface area contributed by atoms with Crippen LogP contribution in [0.1, 0.15) is 28.5 Å². The van der Waals surface area contributed by atoms with E-state index >= 15 is 0 Å². The predicted molar refractivity (Wildman–Crippen MR) is 185 cm³/mol. The number of oxime groups is 1. The molecule has 0 spiro atoms. The molecule has 2 aliphatic rings. The highest BCUT2D eigenvalue weighted by Gasteiger charge is 2.53. The Kier molecular flexibility index (Phi) is 10.6. The number of benzene rings is 3. The van der Waals surface area contributed by atoms with Crippen molar-refractivity contribution in [2.45, 2.75) is 24.1 Å². The molecule has 3 heterocycles. The Hall–Kier alpha value is -5.18. The minimum atomic E-state index is -0.988. The maximum Gasteiger partial charge on any atom is 0.413 e. The van der Waals surface area contributed by atoms with Crippen LogP contribution >= 0.6 is 34.7 Å². The number of carbonyl (C=O) groups excluding carboxylic acids is 4. The molecule has 0 saturated carbocycles. The minimum Gasteiger partial charge on any atom is -0.448 e. The molecule has 3 aromatic carbocycles. The lowest BCUT2D eigenvalue weighted by Crippen LogP contribution is -2.70. The molecule has 15 heteroatoms. The number of amides is 3. The second kappa shape index (κ2) is 15.4. The van der Waals surface area contributed by atoms with Gasteiger partial charge in [0.15, 0.2) is 16.9 Å². The van der Waals surface area contributed by atoms with Crippen molar-refractivity contribution in [3.63, 3.8) is 0 Å². The molecule has 4 aromatic rings. The topological polar surface area (TPSA) is 149 Å². The number of hydrogen-bond donors (Lipinski definition) is 2. The molecule has 6 rings (SSSR count). The summed E-state index contributed by atoms with van der Waals surface area (Å²) in [6, 6.07) is 26.8. The maximum atomic E-state index is 13.6. The van der Waals surface area contributed by atoms with Crippen LogP contribution in [0.15, 0.2) is 108 Å². The summed E-state index contributed by atoms with van der Waals surface area (Å²) in [4.78, 5) is 63.2. The van der Waals surface area contributed by atoms with Crippen LogP contribution in [0.5, 0.6) is 0 Å². The SMILES string of the molecule is CON=C(C(=O)N[C@@H]1C(=O)N2C(C(=O)OC(c3ccccc3)c3ccccc3)=CCS[C@H]12)c1nc(NC(=O)OCc2ccccc2)sc1Cl. The third-order valence-corrected chi connectivity index (χ3v) is 9.75. The molecular formula is C34H28ClN5O7S2. The number of thiazole rings is 1. The van der Waals surface area contributed by atoms with Gasteiger partial charge in [0.05, 0.1) is 0 Å². The number of aromatic nitrogens is 1. The first-order valence-electron chi connectivity index (χ1n) is 14.9. The van der Waals surface area contributed by atoms with Gasteiger partial charge in [-0.05, 0) is 22.8 Å². The van der Waals surface area contributed by atoms with Gasteiger partial charge in [0, 0.05) is 5.75 Å². The molecule has 2 atom stereocenters. The number of thioether (sulfide) groups is 1. The summed E-state index contributed by atoms with van der Waals surface area (Å²) in [5, 5.41) is 8.43. The molecule has 2 aliphatic heterocycles. The van der Waals surface area contributed by atoms with Crippen molar-refractivity contribution >= 4 is 69.4 Å². The average Bonchev–Trinajstić information content (AvgIpc) is 3.49. The smallest absolute Gasteiger partial charge is 0.413 e. The Balaban J connectivity index is 1.11. The van der Waals surface area contributed by atoms with Gasteiger partial charge in [-0.2, -0.15) is 0 Å². The van der Waals surface area contributed by atoms with E-state index in [9.17, 15) is 19.2 Å². The summed E-state index contributed by atoms with van der Waals surface area (Å²) in [7, 11) is 1.24. The average molecular weight is 718 g/mol. The Morgan fingerprint density at radius 2 is 1.63 bits per heavy atom. The fourth-order valence-electron chi connectivity index (χ4n) is 5.12. The Labute approximate surface area is 294 Å². The van der Waals surface area contributed by atoms with E-state index in [1.807, 2.05) is 91.0 Å². The lowest BCUT2D eigenvalue weighted by molar-refractivity contribution is -0.154. The van der Waals surface area contributed by atoms with Crippen molar-refractivity contribution in [1.29, 1.82) is 0 Å². The lowest BCUT2D eigenvalue weighted by atomic mass is 10.0. The van der Waals surface area contributed by atoms with Crippen LogP contribution < -0.4 is 10.6 Å². The fraction of sp³-hybridized carbons (Fsp3) is 0.176. The zero-order valence-electron chi connectivity index (χ0n) is 25.8.